The summed E-state index contributed by atoms with van der Waals surface area (Å²) in [5, 5.41) is 8.55. The predicted molar refractivity (Wildman–Crippen MR) is 131 cm³/mol. The van der Waals surface area contributed by atoms with Crippen molar-refractivity contribution in [1.29, 1.82) is 0 Å². The first-order valence-electron chi connectivity index (χ1n) is 9.45. The summed E-state index contributed by atoms with van der Waals surface area (Å²) in [4.78, 5) is 12.3. The number of fused-ring (bicyclic) bond motifs is 2. The third-order valence-corrected chi connectivity index (χ3v) is 5.93. The Morgan fingerprint density at radius 1 is 0.968 bits per heavy atom. The van der Waals surface area contributed by atoms with Gasteiger partial charge in [-0.2, -0.15) is 5.10 Å². The molecule has 0 unspecified atom stereocenters. The maximum absolute atomic E-state index is 12.3. The molecule has 0 atom stereocenters. The standard InChI is InChI=1S/C24H18Br2N2O3/c1-30-17-11-21(25)24(22(26)12-17)31-14-23(29)28-27-13-20-18-8-4-2-6-15(18)10-16-7-3-5-9-19(16)20/h2-13H,14H2,1H3,(H,28,29). The van der Waals surface area contributed by atoms with Gasteiger partial charge in [-0.15, -0.1) is 0 Å². The number of carbonyl (C=O) groups is 1. The Labute approximate surface area is 196 Å². The van der Waals surface area contributed by atoms with Crippen LogP contribution < -0.4 is 14.9 Å². The summed E-state index contributed by atoms with van der Waals surface area (Å²) in [7, 11) is 1.58. The van der Waals surface area contributed by atoms with E-state index < -0.39 is 0 Å². The first-order chi connectivity index (χ1) is 15.1. The van der Waals surface area contributed by atoms with Crippen molar-refractivity contribution in [3.8, 4) is 11.5 Å². The van der Waals surface area contributed by atoms with Gasteiger partial charge < -0.3 is 9.47 Å². The molecule has 0 bridgehead atoms. The number of benzene rings is 4. The monoisotopic (exact) mass is 540 g/mol. The topological polar surface area (TPSA) is 59.9 Å². The molecule has 31 heavy (non-hydrogen) atoms. The summed E-state index contributed by atoms with van der Waals surface area (Å²) in [5.41, 5.74) is 3.50. The Bertz CT molecular complexity index is 1230. The van der Waals surface area contributed by atoms with Gasteiger partial charge in [-0.3, -0.25) is 4.79 Å². The van der Waals surface area contributed by atoms with Gasteiger partial charge in [0.15, 0.2) is 6.61 Å². The molecule has 0 aromatic heterocycles. The van der Waals surface area contributed by atoms with Crippen molar-refractivity contribution < 1.29 is 14.3 Å². The summed E-state index contributed by atoms with van der Waals surface area (Å²) in [5.74, 6) is 0.817. The van der Waals surface area contributed by atoms with E-state index in [-0.39, 0.29) is 12.5 Å². The van der Waals surface area contributed by atoms with Crippen LogP contribution in [0, 0.1) is 0 Å². The van der Waals surface area contributed by atoms with Crippen molar-refractivity contribution in [3.63, 3.8) is 0 Å². The van der Waals surface area contributed by atoms with E-state index >= 15 is 0 Å². The van der Waals surface area contributed by atoms with Crippen LogP contribution in [0.4, 0.5) is 0 Å². The largest absolute Gasteiger partial charge is 0.497 e. The minimum absolute atomic E-state index is 0.183. The molecule has 0 fully saturated rings. The zero-order chi connectivity index (χ0) is 21.8. The number of hydrogen-bond donors (Lipinski definition) is 1. The lowest BCUT2D eigenvalue weighted by Gasteiger charge is -2.11. The quantitative estimate of drug-likeness (QED) is 0.183. The summed E-state index contributed by atoms with van der Waals surface area (Å²) in [6.07, 6.45) is 1.68. The second kappa shape index (κ2) is 9.49. The first kappa shape index (κ1) is 21.3. The average molecular weight is 542 g/mol. The Balaban J connectivity index is 1.50. The molecule has 0 heterocycles. The molecule has 0 spiro atoms. The van der Waals surface area contributed by atoms with Crippen LogP contribution in [-0.2, 0) is 4.79 Å². The number of amides is 1. The predicted octanol–water partition coefficient (Wildman–Crippen LogP) is 6.06. The highest BCUT2D eigenvalue weighted by Crippen LogP contribution is 2.37. The van der Waals surface area contributed by atoms with Crippen molar-refractivity contribution in [1.82, 2.24) is 5.43 Å². The van der Waals surface area contributed by atoms with Gasteiger partial charge in [-0.05, 0) is 71.6 Å². The van der Waals surface area contributed by atoms with Crippen LogP contribution in [0.3, 0.4) is 0 Å². The number of ether oxygens (including phenoxy) is 2. The van der Waals surface area contributed by atoms with Gasteiger partial charge in [0.2, 0.25) is 0 Å². The minimum Gasteiger partial charge on any atom is -0.497 e. The van der Waals surface area contributed by atoms with Crippen molar-refractivity contribution in [2.75, 3.05) is 13.7 Å². The molecule has 0 aliphatic rings. The maximum atomic E-state index is 12.3. The molecule has 7 heteroatoms. The molecular weight excluding hydrogens is 524 g/mol. The van der Waals surface area contributed by atoms with E-state index in [0.717, 1.165) is 27.1 Å². The van der Waals surface area contributed by atoms with Crippen LogP contribution in [0.15, 0.2) is 80.8 Å². The van der Waals surface area contributed by atoms with E-state index in [0.29, 0.717) is 20.4 Å². The molecule has 4 aromatic rings. The lowest BCUT2D eigenvalue weighted by atomic mass is 9.97. The highest BCUT2D eigenvalue weighted by atomic mass is 79.9. The van der Waals surface area contributed by atoms with Crippen LogP contribution in [0.25, 0.3) is 21.5 Å². The van der Waals surface area contributed by atoms with E-state index in [1.54, 1.807) is 25.5 Å². The van der Waals surface area contributed by atoms with E-state index in [2.05, 4.69) is 60.6 Å². The molecule has 0 aliphatic heterocycles. The normalized spacial score (nSPS) is 11.2. The van der Waals surface area contributed by atoms with E-state index in [1.807, 2.05) is 36.4 Å². The fraction of sp³-hybridized carbons (Fsp3) is 0.0833. The number of halogens is 2. The molecule has 156 valence electrons. The van der Waals surface area contributed by atoms with Crippen LogP contribution in [-0.4, -0.2) is 25.8 Å². The fourth-order valence-electron chi connectivity index (χ4n) is 3.32. The fourth-order valence-corrected chi connectivity index (χ4v) is 4.69. The van der Waals surface area contributed by atoms with E-state index in [1.165, 1.54) is 0 Å². The van der Waals surface area contributed by atoms with Gasteiger partial charge in [0.1, 0.15) is 11.5 Å². The van der Waals surface area contributed by atoms with Crippen molar-refractivity contribution in [3.05, 3.63) is 81.2 Å². The van der Waals surface area contributed by atoms with Gasteiger partial charge >= 0.3 is 0 Å². The first-order valence-corrected chi connectivity index (χ1v) is 11.0. The van der Waals surface area contributed by atoms with E-state index in [4.69, 9.17) is 9.47 Å². The lowest BCUT2D eigenvalue weighted by molar-refractivity contribution is -0.123. The summed E-state index contributed by atoms with van der Waals surface area (Å²) < 4.78 is 12.2. The van der Waals surface area contributed by atoms with Crippen molar-refractivity contribution in [2.45, 2.75) is 0 Å². The number of carbonyl (C=O) groups excluding carboxylic acids is 1. The highest BCUT2D eigenvalue weighted by molar-refractivity contribution is 9.11. The smallest absolute Gasteiger partial charge is 0.277 e. The Kier molecular flexibility index (Phi) is 6.53. The van der Waals surface area contributed by atoms with Gasteiger partial charge in [-0.1, -0.05) is 48.5 Å². The number of hydrazone groups is 1. The number of nitrogens with zero attached hydrogens (tertiary/aromatic N) is 1. The zero-order valence-electron chi connectivity index (χ0n) is 16.6. The van der Waals surface area contributed by atoms with Crippen LogP contribution >= 0.6 is 31.9 Å². The van der Waals surface area contributed by atoms with Gasteiger partial charge in [-0.25, -0.2) is 5.43 Å². The molecule has 1 N–H and O–H groups in total. The molecular formula is C24H18Br2N2O3. The van der Waals surface area contributed by atoms with Gasteiger partial charge in [0.05, 0.1) is 22.3 Å². The maximum Gasteiger partial charge on any atom is 0.277 e. The van der Waals surface area contributed by atoms with Crippen LogP contribution in [0.1, 0.15) is 5.56 Å². The molecule has 0 aliphatic carbocycles. The third kappa shape index (κ3) is 4.73. The average Bonchev–Trinajstić information content (AvgIpc) is 2.77. The van der Waals surface area contributed by atoms with Gasteiger partial charge in [0.25, 0.3) is 5.91 Å². The van der Waals surface area contributed by atoms with Gasteiger partial charge in [0, 0.05) is 5.56 Å². The third-order valence-electron chi connectivity index (χ3n) is 4.75. The molecule has 4 rings (SSSR count). The second-order valence-electron chi connectivity index (χ2n) is 6.73. The molecule has 4 aromatic carbocycles. The number of rotatable bonds is 6. The number of nitrogens with one attached hydrogen (secondary N) is 1. The minimum atomic E-state index is -0.365. The second-order valence-corrected chi connectivity index (χ2v) is 8.44. The molecule has 0 saturated carbocycles. The molecule has 0 saturated heterocycles. The zero-order valence-corrected chi connectivity index (χ0v) is 19.7. The molecule has 1 amide bonds. The Hall–Kier alpha value is -2.90. The van der Waals surface area contributed by atoms with Crippen molar-refractivity contribution >= 4 is 65.5 Å². The summed E-state index contributed by atoms with van der Waals surface area (Å²) >= 11 is 6.84. The van der Waals surface area contributed by atoms with Crippen LogP contribution in [0.2, 0.25) is 0 Å². The Morgan fingerprint density at radius 2 is 1.55 bits per heavy atom. The van der Waals surface area contributed by atoms with Crippen LogP contribution in [0.5, 0.6) is 11.5 Å². The summed E-state index contributed by atoms with van der Waals surface area (Å²) in [6, 6.07) is 21.9. The molecule has 0 radical (unpaired) electrons. The number of hydrogen-bond acceptors (Lipinski definition) is 4. The molecule has 5 nitrogen and oxygen atoms in total. The van der Waals surface area contributed by atoms with Crippen molar-refractivity contribution in [2.24, 2.45) is 5.10 Å². The Morgan fingerprint density at radius 3 is 2.13 bits per heavy atom. The highest BCUT2D eigenvalue weighted by Gasteiger charge is 2.12. The summed E-state index contributed by atoms with van der Waals surface area (Å²) in [6.45, 7) is -0.183. The lowest BCUT2D eigenvalue weighted by Crippen LogP contribution is -2.24. The SMILES string of the molecule is COc1cc(Br)c(OCC(=O)NN=Cc2c3ccccc3cc3ccccc23)c(Br)c1. The van der Waals surface area contributed by atoms with E-state index in [9.17, 15) is 4.79 Å². The number of methoxy groups -OCH3 is 1.